The molecule has 0 saturated carbocycles. The number of anilines is 3. The largest absolute Gasteiger partial charge is 0.309 e. The van der Waals surface area contributed by atoms with E-state index in [1.54, 1.807) is 0 Å². The first-order valence-electron chi connectivity index (χ1n) is 22.0. The number of nitrogens with zero attached hydrogens (tertiary/aromatic N) is 2. The molecule has 0 aliphatic carbocycles. The van der Waals surface area contributed by atoms with Gasteiger partial charge >= 0.3 is 0 Å². The van der Waals surface area contributed by atoms with Crippen LogP contribution in [-0.2, 0) is 0 Å². The van der Waals surface area contributed by atoms with E-state index >= 15 is 0 Å². The summed E-state index contributed by atoms with van der Waals surface area (Å²) in [6.45, 7) is 0. The van der Waals surface area contributed by atoms with Gasteiger partial charge in [-0.15, -0.1) is 0 Å². The number of aromatic nitrogens is 1. The zero-order valence-corrected chi connectivity index (χ0v) is 35.1. The van der Waals surface area contributed by atoms with Crippen molar-refractivity contribution in [3.8, 4) is 50.2 Å². The second kappa shape index (κ2) is 15.8. The number of fused-ring (bicyclic) bond motifs is 5. The summed E-state index contributed by atoms with van der Waals surface area (Å²) in [6, 6.07) is 92.8. The van der Waals surface area contributed by atoms with E-state index in [4.69, 9.17) is 0 Å². The fraction of sp³-hybridized carbons (Fsp3) is 0. The van der Waals surface area contributed by atoms with E-state index in [0.717, 1.165) is 45.0 Å². The van der Waals surface area contributed by atoms with Gasteiger partial charge in [0.15, 0.2) is 0 Å². The normalized spacial score (nSPS) is 11.4. The molecule has 2 nitrogen and oxygen atoms in total. The quantitative estimate of drug-likeness (QED) is 0.148. The lowest BCUT2D eigenvalue weighted by atomic mass is 9.90. The summed E-state index contributed by atoms with van der Waals surface area (Å²) in [5, 5.41) is 7.38. The molecule has 0 atom stereocenters. The van der Waals surface area contributed by atoms with Crippen LogP contribution < -0.4 is 4.90 Å². The highest BCUT2D eigenvalue weighted by atomic mass is 15.1. The van der Waals surface area contributed by atoms with Gasteiger partial charge in [-0.3, -0.25) is 0 Å². The van der Waals surface area contributed by atoms with Crippen LogP contribution in [0.25, 0.3) is 93.5 Å². The molecule has 0 unspecified atom stereocenters. The van der Waals surface area contributed by atoms with Crippen LogP contribution in [0.5, 0.6) is 0 Å². The Morgan fingerprint density at radius 1 is 0.281 bits per heavy atom. The molecule has 12 rings (SSSR count). The highest BCUT2D eigenvalue weighted by Crippen LogP contribution is 2.48. The molecule has 64 heavy (non-hydrogen) atoms. The van der Waals surface area contributed by atoms with Crippen LogP contribution in [0, 0.1) is 0 Å². The monoisotopic (exact) mass is 814 g/mol. The number of rotatable bonds is 8. The first-order chi connectivity index (χ1) is 31.8. The number of para-hydroxylation sites is 4. The standard InChI is InChI=1S/C62H42N2/c1-3-19-44(20-4-1)51-33-17-23-45-24-18-35-57(62(45)51)55-32-11-14-38-60(55)64(58-36-12-9-30-53(58)52-34-16-22-43-21-7-8-29-50(43)52)49-28-15-25-46(41-49)47-39-40-56-54-31-10-13-37-59(54)63(61(56)42-47)48-26-5-2-6-27-48/h1-42H. The predicted molar refractivity (Wildman–Crippen MR) is 272 cm³/mol. The molecule has 0 amide bonds. The summed E-state index contributed by atoms with van der Waals surface area (Å²) < 4.78 is 2.40. The highest BCUT2D eigenvalue weighted by Gasteiger charge is 2.23. The van der Waals surface area contributed by atoms with Gasteiger partial charge in [0.25, 0.3) is 0 Å². The third kappa shape index (κ3) is 6.35. The number of benzene rings is 11. The minimum atomic E-state index is 1.07. The molecule has 0 N–H and O–H groups in total. The maximum Gasteiger partial charge on any atom is 0.0547 e. The second-order valence-electron chi connectivity index (χ2n) is 16.4. The molecular formula is C62H42N2. The molecule has 1 aromatic heterocycles. The Hall–Kier alpha value is -8.46. The molecule has 0 radical (unpaired) electrons. The van der Waals surface area contributed by atoms with Crippen LogP contribution in [-0.4, -0.2) is 4.57 Å². The van der Waals surface area contributed by atoms with E-state index in [-0.39, 0.29) is 0 Å². The van der Waals surface area contributed by atoms with Crippen LogP contribution in [0.4, 0.5) is 17.1 Å². The Kier molecular flexibility index (Phi) is 9.20. The van der Waals surface area contributed by atoms with Crippen molar-refractivity contribution < 1.29 is 0 Å². The van der Waals surface area contributed by atoms with Gasteiger partial charge in [0.1, 0.15) is 0 Å². The Morgan fingerprint density at radius 3 is 1.58 bits per heavy atom. The fourth-order valence-corrected chi connectivity index (χ4v) is 9.91. The topological polar surface area (TPSA) is 8.17 Å². The van der Waals surface area contributed by atoms with Crippen LogP contribution in [0.1, 0.15) is 0 Å². The van der Waals surface area contributed by atoms with Crippen molar-refractivity contribution in [3.05, 3.63) is 255 Å². The first-order valence-corrected chi connectivity index (χ1v) is 22.0. The summed E-state index contributed by atoms with van der Waals surface area (Å²) in [5.41, 5.74) is 16.2. The predicted octanol–water partition coefficient (Wildman–Crippen LogP) is 17.2. The van der Waals surface area contributed by atoms with E-state index in [1.165, 1.54) is 65.6 Å². The molecular weight excluding hydrogens is 773 g/mol. The van der Waals surface area contributed by atoms with Crippen molar-refractivity contribution in [2.45, 2.75) is 0 Å². The Bertz CT molecular complexity index is 3670. The molecule has 0 bridgehead atoms. The lowest BCUT2D eigenvalue weighted by Crippen LogP contribution is -2.12. The van der Waals surface area contributed by atoms with Crippen molar-refractivity contribution in [3.63, 3.8) is 0 Å². The molecule has 1 heterocycles. The summed E-state index contributed by atoms with van der Waals surface area (Å²) >= 11 is 0. The van der Waals surface area contributed by atoms with Crippen molar-refractivity contribution in [2.24, 2.45) is 0 Å². The molecule has 2 heteroatoms. The average Bonchev–Trinajstić information content (AvgIpc) is 3.70. The smallest absolute Gasteiger partial charge is 0.0547 e. The number of hydrogen-bond donors (Lipinski definition) is 0. The third-order valence-corrected chi connectivity index (χ3v) is 12.8. The van der Waals surface area contributed by atoms with Crippen LogP contribution in [0.2, 0.25) is 0 Å². The van der Waals surface area contributed by atoms with E-state index in [1.807, 2.05) is 0 Å². The zero-order valence-electron chi connectivity index (χ0n) is 35.1. The summed E-state index contributed by atoms with van der Waals surface area (Å²) in [7, 11) is 0. The SMILES string of the molecule is c1ccc(-c2cccc3cccc(-c4ccccc4N(c4cccc(-c5ccc6c7ccccc7n(-c7ccccc7)c6c5)c4)c4ccccc4-c4cccc5ccccc45)c23)cc1. The van der Waals surface area contributed by atoms with Crippen molar-refractivity contribution in [1.82, 2.24) is 4.57 Å². The van der Waals surface area contributed by atoms with Gasteiger partial charge in [0.05, 0.1) is 22.4 Å². The van der Waals surface area contributed by atoms with Crippen molar-refractivity contribution in [1.29, 1.82) is 0 Å². The molecule has 0 fully saturated rings. The van der Waals surface area contributed by atoms with Gasteiger partial charge in [0.2, 0.25) is 0 Å². The Morgan fingerprint density at radius 2 is 0.797 bits per heavy atom. The molecule has 0 saturated heterocycles. The zero-order chi connectivity index (χ0) is 42.4. The van der Waals surface area contributed by atoms with E-state index < -0.39 is 0 Å². The van der Waals surface area contributed by atoms with E-state index in [9.17, 15) is 0 Å². The maximum absolute atomic E-state index is 2.49. The molecule has 0 spiro atoms. The van der Waals surface area contributed by atoms with Gasteiger partial charge in [-0.25, -0.2) is 0 Å². The highest BCUT2D eigenvalue weighted by molar-refractivity contribution is 6.11. The summed E-state index contributed by atoms with van der Waals surface area (Å²) in [5.74, 6) is 0. The van der Waals surface area contributed by atoms with E-state index in [2.05, 4.69) is 264 Å². The molecule has 12 aromatic rings. The number of hydrogen-bond acceptors (Lipinski definition) is 1. The molecule has 0 aliphatic heterocycles. The van der Waals surface area contributed by atoms with Gasteiger partial charge in [-0.05, 0) is 103 Å². The van der Waals surface area contributed by atoms with Gasteiger partial charge < -0.3 is 9.47 Å². The maximum atomic E-state index is 2.49. The van der Waals surface area contributed by atoms with Crippen LogP contribution in [0.3, 0.4) is 0 Å². The van der Waals surface area contributed by atoms with Crippen molar-refractivity contribution in [2.75, 3.05) is 4.90 Å². The van der Waals surface area contributed by atoms with E-state index in [0.29, 0.717) is 0 Å². The lowest BCUT2D eigenvalue weighted by Gasteiger charge is -2.31. The average molecular weight is 815 g/mol. The Balaban J connectivity index is 1.10. The van der Waals surface area contributed by atoms with Gasteiger partial charge in [0, 0.05) is 33.3 Å². The minimum Gasteiger partial charge on any atom is -0.309 e. The molecule has 11 aromatic carbocycles. The molecule has 300 valence electrons. The fourth-order valence-electron chi connectivity index (χ4n) is 9.91. The first kappa shape index (κ1) is 37.3. The van der Waals surface area contributed by atoms with Gasteiger partial charge in [-0.2, -0.15) is 0 Å². The Labute approximate surface area is 373 Å². The molecule has 0 aliphatic rings. The van der Waals surface area contributed by atoms with Crippen LogP contribution >= 0.6 is 0 Å². The second-order valence-corrected chi connectivity index (χ2v) is 16.4. The summed E-state index contributed by atoms with van der Waals surface area (Å²) in [6.07, 6.45) is 0. The third-order valence-electron chi connectivity index (χ3n) is 12.8. The van der Waals surface area contributed by atoms with Crippen LogP contribution in [0.15, 0.2) is 255 Å². The van der Waals surface area contributed by atoms with Gasteiger partial charge in [-0.1, -0.05) is 206 Å². The lowest BCUT2D eigenvalue weighted by molar-refractivity contribution is 1.18. The summed E-state index contributed by atoms with van der Waals surface area (Å²) in [4.78, 5) is 2.49. The van der Waals surface area contributed by atoms with Crippen molar-refractivity contribution >= 4 is 60.4 Å². The minimum absolute atomic E-state index is 1.07.